The second kappa shape index (κ2) is 5.75. The Morgan fingerprint density at radius 1 is 1.47 bits per heavy atom. The molecular weight excluding hydrogens is 220 g/mol. The summed E-state index contributed by atoms with van der Waals surface area (Å²) in [6.07, 6.45) is -0.623. The van der Waals surface area contributed by atoms with E-state index in [0.717, 1.165) is 0 Å². The maximum atomic E-state index is 11.3. The molecule has 1 aromatic carbocycles. The van der Waals surface area contributed by atoms with Crippen molar-refractivity contribution < 1.29 is 14.3 Å². The molecule has 90 valence electrons. The monoisotopic (exact) mass is 234 g/mol. The minimum Gasteiger partial charge on any atom is -0.493 e. The molecule has 17 heavy (non-hydrogen) atoms. The Balaban J connectivity index is 2.91. The van der Waals surface area contributed by atoms with Crippen LogP contribution in [0.25, 0.3) is 0 Å². The second-order valence-corrected chi connectivity index (χ2v) is 3.35. The lowest BCUT2D eigenvalue weighted by Gasteiger charge is -2.15. The van der Waals surface area contributed by atoms with Crippen molar-refractivity contribution in [1.29, 1.82) is 5.26 Å². The molecule has 1 aromatic rings. The molecule has 0 radical (unpaired) electrons. The van der Waals surface area contributed by atoms with E-state index in [9.17, 15) is 4.79 Å². The highest BCUT2D eigenvalue weighted by molar-refractivity contribution is 5.80. The average molecular weight is 234 g/mol. The van der Waals surface area contributed by atoms with Gasteiger partial charge in [0.2, 0.25) is 0 Å². The van der Waals surface area contributed by atoms with Gasteiger partial charge in [-0.15, -0.1) is 0 Å². The van der Waals surface area contributed by atoms with Gasteiger partial charge in [0.05, 0.1) is 18.7 Å². The van der Waals surface area contributed by atoms with Gasteiger partial charge in [0.15, 0.2) is 17.6 Å². The summed E-state index contributed by atoms with van der Waals surface area (Å²) in [7, 11) is 3.02. The molecule has 1 unspecified atom stereocenters. The van der Waals surface area contributed by atoms with E-state index in [-0.39, 0.29) is 5.91 Å². The Bertz CT molecular complexity index is 452. The average Bonchev–Trinajstić information content (AvgIpc) is 2.37. The molecule has 0 aliphatic rings. The van der Waals surface area contributed by atoms with Gasteiger partial charge >= 0.3 is 0 Å². The van der Waals surface area contributed by atoms with Crippen molar-refractivity contribution in [1.82, 2.24) is 5.32 Å². The number of hydrogen-bond donors (Lipinski definition) is 1. The summed E-state index contributed by atoms with van der Waals surface area (Å²) in [6, 6.07) is 6.78. The van der Waals surface area contributed by atoms with Gasteiger partial charge in [-0.2, -0.15) is 5.26 Å². The smallest absolute Gasteiger partial charge is 0.260 e. The number of amides is 1. The molecule has 0 fully saturated rings. The highest BCUT2D eigenvalue weighted by atomic mass is 16.5. The molecule has 0 bridgehead atoms. The third kappa shape index (κ3) is 3.11. The van der Waals surface area contributed by atoms with Crippen LogP contribution < -0.4 is 14.8 Å². The van der Waals surface area contributed by atoms with Crippen LogP contribution in [0.5, 0.6) is 11.5 Å². The van der Waals surface area contributed by atoms with Gasteiger partial charge in [0.25, 0.3) is 5.91 Å². The lowest BCUT2D eigenvalue weighted by atomic mass is 10.2. The van der Waals surface area contributed by atoms with Crippen molar-refractivity contribution >= 4 is 5.91 Å². The number of nitriles is 1. The van der Waals surface area contributed by atoms with E-state index in [0.29, 0.717) is 17.1 Å². The first-order chi connectivity index (χ1) is 8.12. The number of ether oxygens (including phenoxy) is 2. The highest BCUT2D eigenvalue weighted by Crippen LogP contribution is 2.28. The molecule has 0 aromatic heterocycles. The standard InChI is InChI=1S/C12H14N2O3/c1-8(12(15)14-2)17-10-5-4-9(7-13)6-11(10)16-3/h4-6,8H,1-3H3,(H,14,15). The van der Waals surface area contributed by atoms with E-state index in [1.807, 2.05) is 6.07 Å². The van der Waals surface area contributed by atoms with Crippen molar-refractivity contribution in [2.45, 2.75) is 13.0 Å². The van der Waals surface area contributed by atoms with Crippen LogP contribution in [0.15, 0.2) is 18.2 Å². The van der Waals surface area contributed by atoms with Crippen LogP contribution in [-0.2, 0) is 4.79 Å². The Kier molecular flexibility index (Phi) is 4.35. The minimum absolute atomic E-state index is 0.226. The summed E-state index contributed by atoms with van der Waals surface area (Å²) in [6.45, 7) is 1.64. The topological polar surface area (TPSA) is 71.3 Å². The van der Waals surface area contributed by atoms with Crippen LogP contribution in [0, 0.1) is 11.3 Å². The third-order valence-electron chi connectivity index (χ3n) is 2.21. The number of nitrogens with zero attached hydrogens (tertiary/aromatic N) is 1. The van der Waals surface area contributed by atoms with Crippen LogP contribution >= 0.6 is 0 Å². The molecule has 0 saturated carbocycles. The van der Waals surface area contributed by atoms with Gasteiger partial charge in [-0.1, -0.05) is 0 Å². The van der Waals surface area contributed by atoms with Crippen LogP contribution in [-0.4, -0.2) is 26.2 Å². The van der Waals surface area contributed by atoms with E-state index in [2.05, 4.69) is 5.32 Å². The zero-order chi connectivity index (χ0) is 12.8. The molecule has 0 heterocycles. The van der Waals surface area contributed by atoms with E-state index in [1.165, 1.54) is 14.2 Å². The molecule has 0 aliphatic carbocycles. The van der Waals surface area contributed by atoms with Gasteiger partial charge in [-0.25, -0.2) is 0 Å². The first kappa shape index (κ1) is 12.8. The predicted octanol–water partition coefficient (Wildman–Crippen LogP) is 1.08. The van der Waals surface area contributed by atoms with Crippen LogP contribution in [0.3, 0.4) is 0 Å². The number of benzene rings is 1. The second-order valence-electron chi connectivity index (χ2n) is 3.35. The van der Waals surface area contributed by atoms with Crippen molar-refractivity contribution in [2.24, 2.45) is 0 Å². The molecular formula is C12H14N2O3. The van der Waals surface area contributed by atoms with Gasteiger partial charge in [-0.3, -0.25) is 4.79 Å². The Morgan fingerprint density at radius 3 is 2.71 bits per heavy atom. The van der Waals surface area contributed by atoms with E-state index in [4.69, 9.17) is 14.7 Å². The Labute approximate surface area is 100.0 Å². The molecule has 5 nitrogen and oxygen atoms in total. The minimum atomic E-state index is -0.623. The predicted molar refractivity (Wildman–Crippen MR) is 61.9 cm³/mol. The lowest BCUT2D eigenvalue weighted by molar-refractivity contribution is -0.126. The summed E-state index contributed by atoms with van der Waals surface area (Å²) in [5.41, 5.74) is 0.474. The van der Waals surface area contributed by atoms with E-state index < -0.39 is 6.10 Å². The first-order valence-electron chi connectivity index (χ1n) is 5.08. The molecule has 1 rings (SSSR count). The SMILES string of the molecule is CNC(=O)C(C)Oc1ccc(C#N)cc1OC. The van der Waals surface area contributed by atoms with Crippen LogP contribution in [0.1, 0.15) is 12.5 Å². The molecule has 0 saturated heterocycles. The fraction of sp³-hybridized carbons (Fsp3) is 0.333. The summed E-state index contributed by atoms with van der Waals surface area (Å²) in [5.74, 6) is 0.638. The number of hydrogen-bond acceptors (Lipinski definition) is 4. The lowest BCUT2D eigenvalue weighted by Crippen LogP contribution is -2.33. The molecule has 5 heteroatoms. The quantitative estimate of drug-likeness (QED) is 0.846. The summed E-state index contributed by atoms with van der Waals surface area (Å²) >= 11 is 0. The number of methoxy groups -OCH3 is 1. The maximum absolute atomic E-state index is 11.3. The van der Waals surface area contributed by atoms with Crippen molar-refractivity contribution in [3.63, 3.8) is 0 Å². The van der Waals surface area contributed by atoms with Crippen molar-refractivity contribution in [3.05, 3.63) is 23.8 Å². The van der Waals surface area contributed by atoms with E-state index >= 15 is 0 Å². The largest absolute Gasteiger partial charge is 0.493 e. The number of likely N-dealkylation sites (N-methyl/N-ethyl adjacent to an activating group) is 1. The molecule has 0 aliphatic heterocycles. The van der Waals surface area contributed by atoms with Crippen molar-refractivity contribution in [2.75, 3.05) is 14.2 Å². The first-order valence-corrected chi connectivity index (χ1v) is 5.08. The number of carbonyl (C=O) groups is 1. The highest BCUT2D eigenvalue weighted by Gasteiger charge is 2.15. The third-order valence-corrected chi connectivity index (χ3v) is 2.21. The number of nitrogens with one attached hydrogen (secondary N) is 1. The maximum Gasteiger partial charge on any atom is 0.260 e. The molecule has 0 spiro atoms. The van der Waals surface area contributed by atoms with E-state index in [1.54, 1.807) is 25.1 Å². The summed E-state index contributed by atoms with van der Waals surface area (Å²) in [4.78, 5) is 11.3. The van der Waals surface area contributed by atoms with Gasteiger partial charge in [-0.05, 0) is 19.1 Å². The molecule has 1 N–H and O–H groups in total. The fourth-order valence-electron chi connectivity index (χ4n) is 1.28. The van der Waals surface area contributed by atoms with Gasteiger partial charge in [0.1, 0.15) is 0 Å². The normalized spacial score (nSPS) is 11.2. The molecule has 1 amide bonds. The van der Waals surface area contributed by atoms with Gasteiger partial charge < -0.3 is 14.8 Å². The molecule has 1 atom stereocenters. The fourth-order valence-corrected chi connectivity index (χ4v) is 1.28. The summed E-state index contributed by atoms with van der Waals surface area (Å²) in [5, 5.41) is 11.2. The Hall–Kier alpha value is -2.22. The zero-order valence-corrected chi connectivity index (χ0v) is 9.98. The Morgan fingerprint density at radius 2 is 2.18 bits per heavy atom. The van der Waals surface area contributed by atoms with Gasteiger partial charge in [0, 0.05) is 13.1 Å². The van der Waals surface area contributed by atoms with Crippen LogP contribution in [0.2, 0.25) is 0 Å². The number of rotatable bonds is 4. The zero-order valence-electron chi connectivity index (χ0n) is 9.98. The van der Waals surface area contributed by atoms with Crippen molar-refractivity contribution in [3.8, 4) is 17.6 Å². The number of carbonyl (C=O) groups excluding carboxylic acids is 1. The van der Waals surface area contributed by atoms with Crippen LogP contribution in [0.4, 0.5) is 0 Å². The summed E-state index contributed by atoms with van der Waals surface area (Å²) < 4.78 is 10.5.